The number of anilines is 4. The molecule has 1 aliphatic heterocycles. The van der Waals surface area contributed by atoms with E-state index in [1.54, 1.807) is 0 Å². The fourth-order valence-corrected chi connectivity index (χ4v) is 3.78. The Morgan fingerprint density at radius 3 is 1.37 bits per heavy atom. The summed E-state index contributed by atoms with van der Waals surface area (Å²) >= 11 is 1.82. The van der Waals surface area contributed by atoms with Gasteiger partial charge < -0.3 is 10.6 Å². The van der Waals surface area contributed by atoms with Gasteiger partial charge in [0.1, 0.15) is 0 Å². The van der Waals surface area contributed by atoms with E-state index in [2.05, 4.69) is 59.2 Å². The molecule has 0 radical (unpaired) electrons. The van der Waals surface area contributed by atoms with Crippen molar-refractivity contribution in [3.05, 3.63) is 109 Å². The molecular formula is C24H20N2S. The maximum Gasteiger partial charge on any atom is 0.0526 e. The van der Waals surface area contributed by atoms with Crippen molar-refractivity contribution in [1.29, 1.82) is 0 Å². The third-order valence-electron chi connectivity index (χ3n) is 4.10. The Kier molecular flexibility index (Phi) is 5.42. The standard InChI is InChI=1S/C12H9NS.C12H11N/c1-3-7-11-9(5-1)13-10-6-2-4-8-12(10)14-11;1-3-7-11(8-4-1)13-12-9-5-2-6-10-12/h1-8,13H;1-10,13H. The van der Waals surface area contributed by atoms with Gasteiger partial charge in [-0.3, -0.25) is 0 Å². The van der Waals surface area contributed by atoms with Gasteiger partial charge in [-0.2, -0.15) is 0 Å². The molecule has 0 atom stereocenters. The molecule has 5 rings (SSSR count). The lowest BCUT2D eigenvalue weighted by Crippen LogP contribution is -1.98. The minimum Gasteiger partial charge on any atom is -0.356 e. The highest BCUT2D eigenvalue weighted by molar-refractivity contribution is 7.99. The Balaban J connectivity index is 0.000000134. The number of nitrogens with one attached hydrogen (secondary N) is 2. The molecule has 27 heavy (non-hydrogen) atoms. The van der Waals surface area contributed by atoms with Crippen LogP contribution < -0.4 is 10.6 Å². The first-order chi connectivity index (χ1) is 13.4. The largest absolute Gasteiger partial charge is 0.356 e. The molecule has 132 valence electrons. The summed E-state index contributed by atoms with van der Waals surface area (Å²) in [6, 6.07) is 37.0. The number of fused-ring (bicyclic) bond motifs is 2. The summed E-state index contributed by atoms with van der Waals surface area (Å²) in [5.41, 5.74) is 4.65. The SMILES string of the molecule is c1ccc(Nc2ccccc2)cc1.c1ccc2c(c1)Nc1ccccc1S2. The number of rotatable bonds is 2. The zero-order chi connectivity index (χ0) is 18.3. The third kappa shape index (κ3) is 4.52. The highest BCUT2D eigenvalue weighted by Crippen LogP contribution is 2.43. The van der Waals surface area contributed by atoms with Crippen molar-refractivity contribution in [3.63, 3.8) is 0 Å². The van der Waals surface area contributed by atoms with Crippen molar-refractivity contribution in [2.24, 2.45) is 0 Å². The second-order valence-electron chi connectivity index (χ2n) is 6.08. The number of benzene rings is 4. The summed E-state index contributed by atoms with van der Waals surface area (Å²) in [6.45, 7) is 0. The van der Waals surface area contributed by atoms with Crippen LogP contribution in [0.15, 0.2) is 119 Å². The van der Waals surface area contributed by atoms with E-state index in [1.807, 2.05) is 72.4 Å². The van der Waals surface area contributed by atoms with E-state index in [0.717, 1.165) is 11.4 Å². The van der Waals surface area contributed by atoms with Gasteiger partial charge >= 0.3 is 0 Å². The average Bonchev–Trinajstić information content (AvgIpc) is 2.74. The van der Waals surface area contributed by atoms with Crippen LogP contribution in [-0.4, -0.2) is 0 Å². The van der Waals surface area contributed by atoms with Crippen LogP contribution in [-0.2, 0) is 0 Å². The van der Waals surface area contributed by atoms with Crippen LogP contribution in [0.4, 0.5) is 22.7 Å². The first kappa shape index (κ1) is 17.3. The fourth-order valence-electron chi connectivity index (χ4n) is 2.79. The van der Waals surface area contributed by atoms with E-state index in [-0.39, 0.29) is 0 Å². The molecule has 1 aliphatic rings. The van der Waals surface area contributed by atoms with E-state index in [4.69, 9.17) is 0 Å². The monoisotopic (exact) mass is 368 g/mol. The van der Waals surface area contributed by atoms with Crippen LogP contribution >= 0.6 is 11.8 Å². The molecule has 0 aliphatic carbocycles. The van der Waals surface area contributed by atoms with Crippen LogP contribution in [0, 0.1) is 0 Å². The van der Waals surface area contributed by atoms with Crippen LogP contribution in [0.5, 0.6) is 0 Å². The number of para-hydroxylation sites is 4. The van der Waals surface area contributed by atoms with Crippen LogP contribution in [0.3, 0.4) is 0 Å². The molecule has 0 amide bonds. The van der Waals surface area contributed by atoms with Gasteiger partial charge in [-0.25, -0.2) is 0 Å². The molecule has 4 aromatic rings. The highest BCUT2D eigenvalue weighted by atomic mass is 32.2. The molecule has 4 aromatic carbocycles. The zero-order valence-corrected chi connectivity index (χ0v) is 15.6. The van der Waals surface area contributed by atoms with E-state index in [1.165, 1.54) is 21.2 Å². The first-order valence-electron chi connectivity index (χ1n) is 8.88. The average molecular weight is 369 g/mol. The molecule has 3 heteroatoms. The quantitative estimate of drug-likeness (QED) is 0.341. The molecule has 0 aromatic heterocycles. The van der Waals surface area contributed by atoms with Crippen molar-refractivity contribution < 1.29 is 0 Å². The van der Waals surface area contributed by atoms with Crippen molar-refractivity contribution in [3.8, 4) is 0 Å². The van der Waals surface area contributed by atoms with Crippen molar-refractivity contribution in [2.45, 2.75) is 9.79 Å². The predicted molar refractivity (Wildman–Crippen MR) is 116 cm³/mol. The first-order valence-corrected chi connectivity index (χ1v) is 9.70. The molecule has 0 saturated heterocycles. The van der Waals surface area contributed by atoms with E-state index < -0.39 is 0 Å². The van der Waals surface area contributed by atoms with Crippen molar-refractivity contribution in [1.82, 2.24) is 0 Å². The summed E-state index contributed by atoms with van der Waals surface area (Å²) < 4.78 is 0. The van der Waals surface area contributed by atoms with Crippen molar-refractivity contribution >= 4 is 34.5 Å². The van der Waals surface area contributed by atoms with Gasteiger partial charge in [0.2, 0.25) is 0 Å². The van der Waals surface area contributed by atoms with Gasteiger partial charge in [-0.1, -0.05) is 72.4 Å². The van der Waals surface area contributed by atoms with Crippen LogP contribution in [0.2, 0.25) is 0 Å². The van der Waals surface area contributed by atoms with Gasteiger partial charge in [0, 0.05) is 21.2 Å². The molecule has 0 saturated carbocycles. The maximum absolute atomic E-state index is 3.42. The Hall–Kier alpha value is -3.17. The third-order valence-corrected chi connectivity index (χ3v) is 5.25. The lowest BCUT2D eigenvalue weighted by molar-refractivity contribution is 1.32. The molecule has 0 unspecified atom stereocenters. The minimum absolute atomic E-state index is 1.12. The second-order valence-corrected chi connectivity index (χ2v) is 7.16. The molecular weight excluding hydrogens is 348 g/mol. The lowest BCUT2D eigenvalue weighted by Gasteiger charge is -2.19. The van der Waals surface area contributed by atoms with Gasteiger partial charge in [-0.15, -0.1) is 0 Å². The molecule has 0 bridgehead atoms. The van der Waals surface area contributed by atoms with E-state index >= 15 is 0 Å². The summed E-state index contributed by atoms with van der Waals surface area (Å²) in [6.07, 6.45) is 0. The molecule has 2 nitrogen and oxygen atoms in total. The lowest BCUT2D eigenvalue weighted by atomic mass is 10.2. The highest BCUT2D eigenvalue weighted by Gasteiger charge is 2.13. The summed E-state index contributed by atoms with van der Waals surface area (Å²) in [5.74, 6) is 0. The topological polar surface area (TPSA) is 24.1 Å². The fraction of sp³-hybridized carbons (Fsp3) is 0. The molecule has 0 spiro atoms. The Labute approximate surface area is 164 Å². The van der Waals surface area contributed by atoms with E-state index in [9.17, 15) is 0 Å². The van der Waals surface area contributed by atoms with Gasteiger partial charge in [0.05, 0.1) is 11.4 Å². The number of hydrogen-bond acceptors (Lipinski definition) is 3. The maximum atomic E-state index is 3.42. The minimum atomic E-state index is 1.12. The molecule has 0 fully saturated rings. The smallest absolute Gasteiger partial charge is 0.0526 e. The zero-order valence-electron chi connectivity index (χ0n) is 14.8. The second kappa shape index (κ2) is 8.47. The summed E-state index contributed by atoms with van der Waals surface area (Å²) in [7, 11) is 0. The molecule has 1 heterocycles. The predicted octanol–water partition coefficient (Wildman–Crippen LogP) is 7.33. The summed E-state index contributed by atoms with van der Waals surface area (Å²) in [5, 5.41) is 6.72. The van der Waals surface area contributed by atoms with Gasteiger partial charge in [0.25, 0.3) is 0 Å². The van der Waals surface area contributed by atoms with Crippen LogP contribution in [0.1, 0.15) is 0 Å². The van der Waals surface area contributed by atoms with Crippen LogP contribution in [0.25, 0.3) is 0 Å². The van der Waals surface area contributed by atoms with E-state index in [0.29, 0.717) is 0 Å². The Bertz CT molecular complexity index is 876. The Morgan fingerprint density at radius 1 is 0.481 bits per heavy atom. The molecule has 2 N–H and O–H groups in total. The summed E-state index contributed by atoms with van der Waals surface area (Å²) in [4.78, 5) is 2.59. The normalized spacial score (nSPS) is 11.1. The van der Waals surface area contributed by atoms with Gasteiger partial charge in [0.15, 0.2) is 0 Å². The number of hydrogen-bond donors (Lipinski definition) is 2. The van der Waals surface area contributed by atoms with Crippen molar-refractivity contribution in [2.75, 3.05) is 10.6 Å². The Morgan fingerprint density at radius 2 is 0.889 bits per heavy atom. The van der Waals surface area contributed by atoms with Gasteiger partial charge in [-0.05, 0) is 48.5 Å².